The van der Waals surface area contributed by atoms with Gasteiger partial charge in [0.15, 0.2) is 0 Å². The van der Waals surface area contributed by atoms with Gasteiger partial charge in [-0.3, -0.25) is 9.79 Å². The van der Waals surface area contributed by atoms with E-state index in [-0.39, 0.29) is 24.1 Å². The first kappa shape index (κ1) is 18.7. The van der Waals surface area contributed by atoms with E-state index in [0.717, 1.165) is 22.4 Å². The summed E-state index contributed by atoms with van der Waals surface area (Å²) >= 11 is 0. The van der Waals surface area contributed by atoms with Crippen LogP contribution in [0.1, 0.15) is 60.9 Å². The van der Waals surface area contributed by atoms with Crippen molar-refractivity contribution in [3.8, 4) is 5.88 Å². The number of pyridine rings is 1. The van der Waals surface area contributed by atoms with Crippen molar-refractivity contribution in [1.82, 2.24) is 14.9 Å². The molecule has 2 aliphatic heterocycles. The number of nitrogens with one attached hydrogen (secondary N) is 1. The Morgan fingerprint density at radius 3 is 2.75 bits per heavy atom. The van der Waals surface area contributed by atoms with Crippen LogP contribution >= 0.6 is 0 Å². The molecule has 0 spiro atoms. The number of carbonyl (C=O) groups is 1. The molecule has 4 rings (SSSR count). The summed E-state index contributed by atoms with van der Waals surface area (Å²) in [5.41, 5.74) is 4.39. The third-order valence-corrected chi connectivity index (χ3v) is 4.88. The molecule has 7 heteroatoms. The first-order chi connectivity index (χ1) is 13.4. The summed E-state index contributed by atoms with van der Waals surface area (Å²) in [7, 11) is 0. The summed E-state index contributed by atoms with van der Waals surface area (Å²) < 4.78 is 13.1. The van der Waals surface area contributed by atoms with Gasteiger partial charge in [0.1, 0.15) is 5.69 Å². The minimum absolute atomic E-state index is 0.0205. The number of fused-ring (bicyclic) bond motifs is 1. The number of aliphatic imine (C=N–C) groups is 1. The third-order valence-electron chi connectivity index (χ3n) is 4.88. The number of nitrogens with zero attached hydrogens (tertiary/aromatic N) is 3. The zero-order valence-electron chi connectivity index (χ0n) is 16.7. The Balaban J connectivity index is 1.70. The van der Waals surface area contributed by atoms with E-state index in [1.165, 1.54) is 0 Å². The molecule has 1 saturated heterocycles. The van der Waals surface area contributed by atoms with Crippen LogP contribution in [0.3, 0.4) is 0 Å². The van der Waals surface area contributed by atoms with E-state index in [9.17, 15) is 4.79 Å². The second-order valence-electron chi connectivity index (χ2n) is 7.80. The predicted molar refractivity (Wildman–Crippen MR) is 106 cm³/mol. The largest absolute Gasteiger partial charge is 0.474 e. The maximum absolute atomic E-state index is 12.8. The van der Waals surface area contributed by atoms with Crippen LogP contribution in [0.15, 0.2) is 29.5 Å². The maximum atomic E-state index is 12.8. The van der Waals surface area contributed by atoms with E-state index < -0.39 is 0 Å². The van der Waals surface area contributed by atoms with Gasteiger partial charge >= 0.3 is 0 Å². The first-order valence-corrected chi connectivity index (χ1v) is 9.74. The van der Waals surface area contributed by atoms with E-state index in [4.69, 9.17) is 14.5 Å². The molecule has 0 radical (unpaired) electrons. The van der Waals surface area contributed by atoms with Gasteiger partial charge in [0, 0.05) is 24.0 Å². The van der Waals surface area contributed by atoms with Gasteiger partial charge in [-0.2, -0.15) is 0 Å². The van der Waals surface area contributed by atoms with E-state index in [2.05, 4.69) is 24.1 Å². The van der Waals surface area contributed by atoms with Gasteiger partial charge in [-0.05, 0) is 45.4 Å². The van der Waals surface area contributed by atoms with Crippen LogP contribution in [0.5, 0.6) is 5.88 Å². The van der Waals surface area contributed by atoms with Crippen LogP contribution in [-0.4, -0.2) is 46.5 Å². The standard InChI is InChI=1S/C21H26N4O3/c1-12(2)25-9-15(7-17(25)20(26)24-16-10-27-11-16)19-18-14(8-23-19)5-6-22-21(18)28-13(3)4/h5-7,9,12-13,16H,8,10-11H2,1-4H3,(H,24,26). The minimum atomic E-state index is -0.0862. The lowest BCUT2D eigenvalue weighted by Gasteiger charge is -2.27. The fourth-order valence-electron chi connectivity index (χ4n) is 3.45. The van der Waals surface area contributed by atoms with Crippen LogP contribution < -0.4 is 10.1 Å². The molecule has 7 nitrogen and oxygen atoms in total. The maximum Gasteiger partial charge on any atom is 0.268 e. The Hall–Kier alpha value is -2.67. The highest BCUT2D eigenvalue weighted by Crippen LogP contribution is 2.31. The van der Waals surface area contributed by atoms with Crippen molar-refractivity contribution in [2.45, 2.75) is 52.4 Å². The van der Waals surface area contributed by atoms with Gasteiger partial charge in [0.2, 0.25) is 5.88 Å². The Labute approximate surface area is 164 Å². The lowest BCUT2D eigenvalue weighted by molar-refractivity contribution is -0.00363. The van der Waals surface area contributed by atoms with Gasteiger partial charge in [0.05, 0.1) is 43.2 Å². The molecular formula is C21H26N4O3. The molecule has 0 atom stereocenters. The van der Waals surface area contributed by atoms with Crippen LogP contribution in [-0.2, 0) is 11.3 Å². The number of hydrogen-bond donors (Lipinski definition) is 1. The van der Waals surface area contributed by atoms with Crippen LogP contribution in [0, 0.1) is 0 Å². The normalized spacial score (nSPS) is 16.1. The van der Waals surface area contributed by atoms with Gasteiger partial charge < -0.3 is 19.4 Å². The SMILES string of the molecule is CC(C)Oc1nccc2c1C(c1cc(C(=O)NC3COC3)n(C(C)C)c1)=NC2. The fraction of sp³-hybridized carbons (Fsp3) is 0.476. The van der Waals surface area contributed by atoms with Crippen LogP contribution in [0.4, 0.5) is 0 Å². The van der Waals surface area contributed by atoms with Crippen molar-refractivity contribution in [2.75, 3.05) is 13.2 Å². The summed E-state index contributed by atoms with van der Waals surface area (Å²) in [4.78, 5) is 22.0. The summed E-state index contributed by atoms with van der Waals surface area (Å²) in [6.07, 6.45) is 3.78. The first-order valence-electron chi connectivity index (χ1n) is 9.74. The molecule has 4 heterocycles. The molecule has 148 valence electrons. The quantitative estimate of drug-likeness (QED) is 0.833. The molecule has 1 fully saturated rings. The summed E-state index contributed by atoms with van der Waals surface area (Å²) in [6.45, 7) is 9.82. The van der Waals surface area contributed by atoms with E-state index in [1.54, 1.807) is 6.20 Å². The Morgan fingerprint density at radius 1 is 1.32 bits per heavy atom. The number of hydrogen-bond acceptors (Lipinski definition) is 5. The highest BCUT2D eigenvalue weighted by molar-refractivity contribution is 6.17. The second-order valence-corrected chi connectivity index (χ2v) is 7.80. The second kappa shape index (κ2) is 7.39. The van der Waals surface area contributed by atoms with Gasteiger partial charge in [-0.15, -0.1) is 0 Å². The molecule has 0 aromatic carbocycles. The van der Waals surface area contributed by atoms with Crippen LogP contribution in [0.2, 0.25) is 0 Å². The molecule has 1 amide bonds. The predicted octanol–water partition coefficient (Wildman–Crippen LogP) is 2.73. The van der Waals surface area contributed by atoms with E-state index in [1.807, 2.05) is 36.7 Å². The summed E-state index contributed by atoms with van der Waals surface area (Å²) in [5.74, 6) is 0.510. The van der Waals surface area contributed by atoms with Crippen molar-refractivity contribution in [3.05, 3.63) is 46.9 Å². The van der Waals surface area contributed by atoms with Crippen molar-refractivity contribution < 1.29 is 14.3 Å². The Bertz CT molecular complexity index is 926. The molecular weight excluding hydrogens is 356 g/mol. The van der Waals surface area contributed by atoms with Crippen molar-refractivity contribution in [1.29, 1.82) is 0 Å². The lowest BCUT2D eigenvalue weighted by atomic mass is 10.0. The average molecular weight is 382 g/mol. The highest BCUT2D eigenvalue weighted by atomic mass is 16.5. The van der Waals surface area contributed by atoms with Crippen molar-refractivity contribution in [3.63, 3.8) is 0 Å². The molecule has 0 bridgehead atoms. The number of aromatic nitrogens is 2. The molecule has 0 aliphatic carbocycles. The van der Waals surface area contributed by atoms with Gasteiger partial charge in [-0.25, -0.2) is 4.98 Å². The van der Waals surface area contributed by atoms with Crippen LogP contribution in [0.25, 0.3) is 0 Å². The lowest BCUT2D eigenvalue weighted by Crippen LogP contribution is -2.49. The molecule has 0 saturated carbocycles. The number of carbonyl (C=O) groups excluding carboxylic acids is 1. The molecule has 2 aromatic heterocycles. The molecule has 0 unspecified atom stereocenters. The monoisotopic (exact) mass is 382 g/mol. The van der Waals surface area contributed by atoms with Gasteiger partial charge in [0.25, 0.3) is 5.91 Å². The average Bonchev–Trinajstić information content (AvgIpc) is 3.22. The zero-order valence-corrected chi connectivity index (χ0v) is 16.7. The minimum Gasteiger partial charge on any atom is -0.474 e. The smallest absolute Gasteiger partial charge is 0.268 e. The van der Waals surface area contributed by atoms with Gasteiger partial charge in [-0.1, -0.05) is 0 Å². The summed E-state index contributed by atoms with van der Waals surface area (Å²) in [5, 5.41) is 3.03. The molecule has 1 N–H and O–H groups in total. The Kier molecular flexibility index (Phi) is 4.93. The number of rotatable bonds is 6. The zero-order chi connectivity index (χ0) is 19.8. The molecule has 2 aliphatic rings. The molecule has 28 heavy (non-hydrogen) atoms. The van der Waals surface area contributed by atoms with E-state index >= 15 is 0 Å². The number of amides is 1. The molecule has 2 aromatic rings. The highest BCUT2D eigenvalue weighted by Gasteiger charge is 2.28. The Morgan fingerprint density at radius 2 is 2.11 bits per heavy atom. The van der Waals surface area contributed by atoms with Crippen molar-refractivity contribution >= 4 is 11.6 Å². The van der Waals surface area contributed by atoms with E-state index in [0.29, 0.717) is 31.3 Å². The van der Waals surface area contributed by atoms with Crippen molar-refractivity contribution in [2.24, 2.45) is 4.99 Å². The fourth-order valence-corrected chi connectivity index (χ4v) is 3.45. The summed E-state index contributed by atoms with van der Waals surface area (Å²) in [6, 6.07) is 4.12. The topological polar surface area (TPSA) is 77.7 Å². The third kappa shape index (κ3) is 3.42. The number of ether oxygens (including phenoxy) is 2.